The zero-order valence-corrected chi connectivity index (χ0v) is 21.0. The zero-order valence-electron chi connectivity index (χ0n) is 18.7. The van der Waals surface area contributed by atoms with Crippen LogP contribution in [0.15, 0.2) is 29.3 Å². The highest BCUT2D eigenvalue weighted by Gasteiger charge is 2.30. The van der Waals surface area contributed by atoms with E-state index in [0.717, 1.165) is 42.8 Å². The van der Waals surface area contributed by atoms with E-state index in [0.29, 0.717) is 12.6 Å². The maximum absolute atomic E-state index is 12.4. The fourth-order valence-electron chi connectivity index (χ4n) is 4.54. The lowest BCUT2D eigenvalue weighted by Gasteiger charge is -2.24. The number of benzene rings is 1. The molecule has 1 heterocycles. The van der Waals surface area contributed by atoms with Crippen molar-refractivity contribution >= 4 is 35.8 Å². The Morgan fingerprint density at radius 2 is 1.80 bits per heavy atom. The molecule has 1 aliphatic heterocycles. The number of nitrogens with one attached hydrogen (secondary N) is 2. The van der Waals surface area contributed by atoms with Gasteiger partial charge < -0.3 is 15.5 Å². The lowest BCUT2D eigenvalue weighted by molar-refractivity contribution is 0.0773. The molecular formula is C23H38IN5O. The highest BCUT2D eigenvalue weighted by atomic mass is 127. The van der Waals surface area contributed by atoms with Crippen LogP contribution in [0, 0.1) is 0 Å². The lowest BCUT2D eigenvalue weighted by Crippen LogP contribution is -2.45. The van der Waals surface area contributed by atoms with Crippen molar-refractivity contribution in [2.75, 3.05) is 33.2 Å². The number of guanidine groups is 1. The number of aliphatic imine (C=N–C) groups is 1. The van der Waals surface area contributed by atoms with Crippen LogP contribution in [0.2, 0.25) is 0 Å². The molecule has 168 valence electrons. The molecule has 0 bridgehead atoms. The smallest absolute Gasteiger partial charge is 0.253 e. The third kappa shape index (κ3) is 6.57. The van der Waals surface area contributed by atoms with Gasteiger partial charge in [0.1, 0.15) is 0 Å². The second kappa shape index (κ2) is 12.5. The minimum absolute atomic E-state index is 0. The van der Waals surface area contributed by atoms with Crippen LogP contribution in [0.3, 0.4) is 0 Å². The lowest BCUT2D eigenvalue weighted by atomic mass is 10.1. The van der Waals surface area contributed by atoms with Gasteiger partial charge in [-0.15, -0.1) is 24.0 Å². The molecule has 2 fully saturated rings. The van der Waals surface area contributed by atoms with Crippen molar-refractivity contribution < 1.29 is 4.79 Å². The average molecular weight is 527 g/mol. The van der Waals surface area contributed by atoms with E-state index >= 15 is 0 Å². The summed E-state index contributed by atoms with van der Waals surface area (Å²) in [6.07, 6.45) is 6.70. The first kappa shape index (κ1) is 24.9. The number of amides is 1. The van der Waals surface area contributed by atoms with E-state index in [1.807, 2.05) is 50.1 Å². The number of nitrogens with zero attached hydrogens (tertiary/aromatic N) is 3. The van der Waals surface area contributed by atoms with E-state index in [1.54, 1.807) is 0 Å². The van der Waals surface area contributed by atoms with Crippen molar-refractivity contribution in [2.45, 2.75) is 64.6 Å². The van der Waals surface area contributed by atoms with Crippen LogP contribution in [0.4, 0.5) is 0 Å². The molecule has 2 aliphatic rings. The maximum atomic E-state index is 12.4. The molecule has 2 N–H and O–H groups in total. The van der Waals surface area contributed by atoms with Crippen molar-refractivity contribution in [3.63, 3.8) is 0 Å². The second-order valence-corrected chi connectivity index (χ2v) is 8.16. The molecular weight excluding hydrogens is 489 g/mol. The summed E-state index contributed by atoms with van der Waals surface area (Å²) in [4.78, 5) is 21.3. The van der Waals surface area contributed by atoms with Gasteiger partial charge in [-0.3, -0.25) is 14.7 Å². The Balaban J connectivity index is 0.00000320. The predicted molar refractivity (Wildman–Crippen MR) is 135 cm³/mol. The number of rotatable bonds is 7. The Bertz CT molecular complexity index is 683. The van der Waals surface area contributed by atoms with Crippen LogP contribution in [0.5, 0.6) is 0 Å². The summed E-state index contributed by atoms with van der Waals surface area (Å²) < 4.78 is 0. The van der Waals surface area contributed by atoms with E-state index < -0.39 is 0 Å². The fourth-order valence-corrected chi connectivity index (χ4v) is 4.54. The molecule has 1 unspecified atom stereocenters. The van der Waals surface area contributed by atoms with E-state index in [2.05, 4.69) is 20.5 Å². The monoisotopic (exact) mass is 527 g/mol. The van der Waals surface area contributed by atoms with Gasteiger partial charge in [-0.05, 0) is 50.8 Å². The molecule has 6 nitrogen and oxygen atoms in total. The number of hydrogen-bond donors (Lipinski definition) is 2. The molecule has 0 spiro atoms. The molecule has 1 aromatic carbocycles. The van der Waals surface area contributed by atoms with Gasteiger partial charge in [-0.1, -0.05) is 25.0 Å². The van der Waals surface area contributed by atoms with E-state index in [1.165, 1.54) is 38.6 Å². The molecule has 0 radical (unpaired) electrons. The van der Waals surface area contributed by atoms with Crippen molar-refractivity contribution in [2.24, 2.45) is 4.99 Å². The third-order valence-corrected chi connectivity index (χ3v) is 6.34. The summed E-state index contributed by atoms with van der Waals surface area (Å²) in [6.45, 7) is 8.50. The minimum Gasteiger partial charge on any atom is -0.352 e. The normalized spacial score (nSPS) is 20.1. The molecule has 1 saturated heterocycles. The number of halogens is 1. The molecule has 1 saturated carbocycles. The molecule has 1 aliphatic carbocycles. The van der Waals surface area contributed by atoms with Crippen LogP contribution >= 0.6 is 24.0 Å². The number of carbonyl (C=O) groups is 1. The minimum atomic E-state index is 0. The van der Waals surface area contributed by atoms with Crippen LogP contribution in [-0.4, -0.2) is 67.0 Å². The van der Waals surface area contributed by atoms with Gasteiger partial charge in [0.25, 0.3) is 5.91 Å². The van der Waals surface area contributed by atoms with Crippen molar-refractivity contribution in [3.8, 4) is 0 Å². The van der Waals surface area contributed by atoms with Crippen LogP contribution in [-0.2, 0) is 6.54 Å². The first-order chi connectivity index (χ1) is 14.1. The molecule has 3 rings (SSSR count). The largest absolute Gasteiger partial charge is 0.352 e. The van der Waals surface area contributed by atoms with Gasteiger partial charge in [0.2, 0.25) is 0 Å². The van der Waals surface area contributed by atoms with Crippen LogP contribution in [0.25, 0.3) is 0 Å². The van der Waals surface area contributed by atoms with Gasteiger partial charge in [0.15, 0.2) is 5.96 Å². The highest BCUT2D eigenvalue weighted by molar-refractivity contribution is 14.0. The number of carbonyl (C=O) groups excluding carboxylic acids is 1. The third-order valence-electron chi connectivity index (χ3n) is 6.34. The average Bonchev–Trinajstić information content (AvgIpc) is 3.44. The van der Waals surface area contributed by atoms with Gasteiger partial charge in [0.05, 0.1) is 0 Å². The number of likely N-dealkylation sites (tertiary alicyclic amines) is 1. The fraction of sp³-hybridized carbons (Fsp3) is 0.652. The molecule has 1 amide bonds. The topological polar surface area (TPSA) is 60.0 Å². The predicted octanol–water partition coefficient (Wildman–Crippen LogP) is 3.47. The Hall–Kier alpha value is -1.35. The van der Waals surface area contributed by atoms with Crippen molar-refractivity contribution in [1.82, 2.24) is 20.4 Å². The second-order valence-electron chi connectivity index (χ2n) is 8.16. The Morgan fingerprint density at radius 3 is 2.40 bits per heavy atom. The summed E-state index contributed by atoms with van der Waals surface area (Å²) in [5, 5.41) is 7.00. The van der Waals surface area contributed by atoms with Gasteiger partial charge in [-0.2, -0.15) is 0 Å². The molecule has 1 atom stereocenters. The van der Waals surface area contributed by atoms with Crippen LogP contribution < -0.4 is 10.6 Å². The quantitative estimate of drug-likeness (QED) is 0.324. The van der Waals surface area contributed by atoms with E-state index in [9.17, 15) is 4.79 Å². The molecule has 7 heteroatoms. The summed E-state index contributed by atoms with van der Waals surface area (Å²) >= 11 is 0. The summed E-state index contributed by atoms with van der Waals surface area (Å²) in [6, 6.07) is 9.16. The molecule has 0 aromatic heterocycles. The Labute approximate surface area is 198 Å². The van der Waals surface area contributed by atoms with Crippen LogP contribution in [0.1, 0.15) is 61.9 Å². The first-order valence-corrected chi connectivity index (χ1v) is 11.2. The van der Waals surface area contributed by atoms with E-state index in [4.69, 9.17) is 0 Å². The molecule has 30 heavy (non-hydrogen) atoms. The Kier molecular flexibility index (Phi) is 10.4. The van der Waals surface area contributed by atoms with E-state index in [-0.39, 0.29) is 29.9 Å². The first-order valence-electron chi connectivity index (χ1n) is 11.2. The summed E-state index contributed by atoms with van der Waals surface area (Å²) in [5.74, 6) is 0.951. The van der Waals surface area contributed by atoms with Gasteiger partial charge >= 0.3 is 0 Å². The van der Waals surface area contributed by atoms with Gasteiger partial charge in [0, 0.05) is 57.4 Å². The van der Waals surface area contributed by atoms with Crippen molar-refractivity contribution in [1.29, 1.82) is 0 Å². The summed E-state index contributed by atoms with van der Waals surface area (Å²) in [7, 11) is 1.82. The van der Waals surface area contributed by atoms with Crippen molar-refractivity contribution in [3.05, 3.63) is 35.4 Å². The molecule has 1 aromatic rings. The number of hydrogen-bond acceptors (Lipinski definition) is 3. The standard InChI is InChI=1S/C23H37N5O.HI/c1-4-27(5-2)22(29)19-12-10-18(11-13-19)16-25-23(24-3)26-20-14-15-28(17-20)21-8-6-7-9-21;/h10-13,20-21H,4-9,14-17H2,1-3H3,(H2,24,25,26);1H. The maximum Gasteiger partial charge on any atom is 0.253 e. The van der Waals surface area contributed by atoms with Gasteiger partial charge in [-0.25, -0.2) is 0 Å². The SMILES string of the molecule is CCN(CC)C(=O)c1ccc(CNC(=NC)NC2CCN(C3CCCC3)C2)cc1.I. The summed E-state index contributed by atoms with van der Waals surface area (Å²) in [5.41, 5.74) is 1.89. The zero-order chi connectivity index (χ0) is 20.6. The highest BCUT2D eigenvalue weighted by Crippen LogP contribution is 2.26. The Morgan fingerprint density at radius 1 is 1.13 bits per heavy atom.